The third-order valence-corrected chi connectivity index (χ3v) is 8.83. The molecule has 2 aromatic carbocycles. The van der Waals surface area contributed by atoms with Crippen LogP contribution in [-0.2, 0) is 25.9 Å². The number of nitrogens with zero attached hydrogens (tertiary/aromatic N) is 2. The Hall–Kier alpha value is -3.89. The van der Waals surface area contributed by atoms with Crippen LogP contribution in [0.1, 0.15) is 39.3 Å². The van der Waals surface area contributed by atoms with Gasteiger partial charge in [0.25, 0.3) is 0 Å². The van der Waals surface area contributed by atoms with Crippen LogP contribution in [0.3, 0.4) is 0 Å². The molecule has 0 aliphatic carbocycles. The van der Waals surface area contributed by atoms with Crippen molar-refractivity contribution in [2.24, 2.45) is 5.92 Å². The van der Waals surface area contributed by atoms with Gasteiger partial charge in [-0.25, -0.2) is 8.42 Å². The van der Waals surface area contributed by atoms with Gasteiger partial charge >= 0.3 is 12.1 Å². The Kier molecular flexibility index (Phi) is 11.2. The van der Waals surface area contributed by atoms with Crippen molar-refractivity contribution in [3.05, 3.63) is 48.2 Å². The zero-order chi connectivity index (χ0) is 33.6. The van der Waals surface area contributed by atoms with E-state index in [2.05, 4.69) is 27.4 Å². The van der Waals surface area contributed by atoms with Crippen LogP contribution in [0.2, 0.25) is 0 Å². The van der Waals surface area contributed by atoms with Gasteiger partial charge < -0.3 is 24.7 Å². The van der Waals surface area contributed by atoms with Gasteiger partial charge in [-0.05, 0) is 56.0 Å². The molecule has 0 bridgehead atoms. The van der Waals surface area contributed by atoms with Gasteiger partial charge in [-0.1, -0.05) is 25.8 Å². The molecular formula is C33H41F3N4O5S. The SMILES string of the molecule is COc1cc(S(C)(=O)=O)ccc1NCC#Cc1cc2c(NC3CCN(CC(C)OC(=O)C(C)C)CC3)cccc2n1CC(F)(F)F. The number of ether oxygens (including phenoxy) is 2. The summed E-state index contributed by atoms with van der Waals surface area (Å²) in [7, 11) is -2.01. The highest BCUT2D eigenvalue weighted by atomic mass is 32.2. The summed E-state index contributed by atoms with van der Waals surface area (Å²) >= 11 is 0. The van der Waals surface area contributed by atoms with E-state index in [-0.39, 0.29) is 41.2 Å². The number of anilines is 2. The summed E-state index contributed by atoms with van der Waals surface area (Å²) in [5, 5.41) is 7.24. The molecule has 46 heavy (non-hydrogen) atoms. The molecule has 250 valence electrons. The Bertz CT molecular complexity index is 1700. The molecule has 1 aliphatic rings. The number of likely N-dealkylation sites (tertiary alicyclic amines) is 1. The summed E-state index contributed by atoms with van der Waals surface area (Å²) in [4.78, 5) is 14.3. The number of piperidine rings is 1. The fraction of sp³-hybridized carbons (Fsp3) is 0.485. The number of hydrogen-bond acceptors (Lipinski definition) is 8. The second-order valence-electron chi connectivity index (χ2n) is 11.9. The zero-order valence-corrected chi connectivity index (χ0v) is 27.5. The maximum absolute atomic E-state index is 13.7. The molecule has 9 nitrogen and oxygen atoms in total. The Morgan fingerprint density at radius 1 is 1.09 bits per heavy atom. The molecule has 0 saturated carbocycles. The van der Waals surface area contributed by atoms with Crippen molar-refractivity contribution in [2.75, 3.05) is 50.2 Å². The molecule has 1 saturated heterocycles. The average Bonchev–Trinajstić information content (AvgIpc) is 3.32. The number of hydrogen-bond donors (Lipinski definition) is 2. The smallest absolute Gasteiger partial charge is 0.406 e. The van der Waals surface area contributed by atoms with Crippen LogP contribution in [0.25, 0.3) is 10.9 Å². The van der Waals surface area contributed by atoms with Crippen molar-refractivity contribution in [3.63, 3.8) is 0 Å². The molecule has 4 rings (SSSR count). The number of aromatic nitrogens is 1. The van der Waals surface area contributed by atoms with Crippen molar-refractivity contribution in [3.8, 4) is 17.6 Å². The molecule has 3 aromatic rings. The topological polar surface area (TPSA) is 102 Å². The first-order valence-electron chi connectivity index (χ1n) is 15.1. The number of halogens is 3. The number of alkyl halides is 3. The molecule has 0 amide bonds. The van der Waals surface area contributed by atoms with E-state index >= 15 is 0 Å². The van der Waals surface area contributed by atoms with Crippen LogP contribution in [0.4, 0.5) is 24.5 Å². The fourth-order valence-electron chi connectivity index (χ4n) is 5.40. The second kappa shape index (κ2) is 14.7. The molecular weight excluding hydrogens is 621 g/mol. The zero-order valence-electron chi connectivity index (χ0n) is 26.7. The number of esters is 1. The highest BCUT2D eigenvalue weighted by Gasteiger charge is 2.30. The Labute approximate surface area is 268 Å². The van der Waals surface area contributed by atoms with Gasteiger partial charge in [-0.3, -0.25) is 9.69 Å². The predicted molar refractivity (Wildman–Crippen MR) is 173 cm³/mol. The van der Waals surface area contributed by atoms with Gasteiger partial charge in [-0.15, -0.1) is 0 Å². The van der Waals surface area contributed by atoms with Gasteiger partial charge in [-0.2, -0.15) is 13.2 Å². The molecule has 0 spiro atoms. The van der Waals surface area contributed by atoms with Crippen LogP contribution in [0.15, 0.2) is 47.4 Å². The third-order valence-electron chi connectivity index (χ3n) is 7.72. The molecule has 1 aliphatic heterocycles. The molecule has 1 unspecified atom stereocenters. The van der Waals surface area contributed by atoms with E-state index < -0.39 is 22.6 Å². The number of carbonyl (C=O) groups excluding carboxylic acids is 1. The maximum atomic E-state index is 13.7. The van der Waals surface area contributed by atoms with Crippen molar-refractivity contribution >= 4 is 38.1 Å². The van der Waals surface area contributed by atoms with Crippen LogP contribution in [0.5, 0.6) is 5.75 Å². The average molecular weight is 663 g/mol. The summed E-state index contributed by atoms with van der Waals surface area (Å²) < 4.78 is 76.7. The van der Waals surface area contributed by atoms with Crippen molar-refractivity contribution in [1.82, 2.24) is 9.47 Å². The van der Waals surface area contributed by atoms with E-state index in [9.17, 15) is 26.4 Å². The van der Waals surface area contributed by atoms with E-state index in [0.29, 0.717) is 28.9 Å². The lowest BCUT2D eigenvalue weighted by molar-refractivity contribution is -0.153. The maximum Gasteiger partial charge on any atom is 0.406 e. The quantitative estimate of drug-likeness (QED) is 0.204. The molecule has 1 aromatic heterocycles. The highest BCUT2D eigenvalue weighted by Crippen LogP contribution is 2.32. The lowest BCUT2D eigenvalue weighted by atomic mass is 10.0. The number of nitrogens with one attached hydrogen (secondary N) is 2. The predicted octanol–water partition coefficient (Wildman–Crippen LogP) is 5.54. The van der Waals surface area contributed by atoms with Gasteiger partial charge in [0.1, 0.15) is 18.4 Å². The van der Waals surface area contributed by atoms with E-state index in [1.807, 2.05) is 13.0 Å². The van der Waals surface area contributed by atoms with Crippen LogP contribution in [0, 0.1) is 17.8 Å². The number of methoxy groups -OCH3 is 1. The summed E-state index contributed by atoms with van der Waals surface area (Å²) in [6, 6.07) is 11.5. The summed E-state index contributed by atoms with van der Waals surface area (Å²) in [5.74, 6) is 5.70. The second-order valence-corrected chi connectivity index (χ2v) is 13.9. The number of carbonyl (C=O) groups is 1. The standard InChI is InChI=1S/C33H41F3N4O5S/c1-22(2)32(41)45-23(3)20-39-16-13-24(14-17-39)38-28-9-6-10-30-27(28)18-25(40(30)21-33(34,35)36)8-7-15-37-29-12-11-26(46(5,42)43)19-31(29)44-4/h6,9-12,18-19,22-24,37-38H,13-17,20-21H2,1-5H3. The first-order valence-corrected chi connectivity index (χ1v) is 17.0. The number of fused-ring (bicyclic) bond motifs is 1. The lowest BCUT2D eigenvalue weighted by Crippen LogP contribution is -2.43. The summed E-state index contributed by atoms with van der Waals surface area (Å²) in [5.41, 5.74) is 1.90. The van der Waals surface area contributed by atoms with E-state index in [1.165, 1.54) is 23.8 Å². The normalized spacial score (nSPS) is 15.3. The van der Waals surface area contributed by atoms with Crippen molar-refractivity contribution in [1.29, 1.82) is 0 Å². The van der Waals surface area contributed by atoms with Gasteiger partial charge in [0.05, 0.1) is 41.4 Å². The van der Waals surface area contributed by atoms with Crippen LogP contribution < -0.4 is 15.4 Å². The minimum Gasteiger partial charge on any atom is -0.495 e. The monoisotopic (exact) mass is 662 g/mol. The van der Waals surface area contributed by atoms with Crippen molar-refractivity contribution < 1.29 is 35.9 Å². The Morgan fingerprint density at radius 3 is 2.43 bits per heavy atom. The van der Waals surface area contributed by atoms with Gasteiger partial charge in [0.15, 0.2) is 9.84 Å². The summed E-state index contributed by atoms with van der Waals surface area (Å²) in [6.07, 6.45) is -1.90. The molecule has 0 radical (unpaired) electrons. The van der Waals surface area contributed by atoms with Crippen molar-refractivity contribution in [2.45, 2.75) is 63.4 Å². The van der Waals surface area contributed by atoms with Crippen LogP contribution in [-0.4, -0.2) is 81.7 Å². The third kappa shape index (κ3) is 9.33. The number of sulfone groups is 1. The Morgan fingerprint density at radius 2 is 1.80 bits per heavy atom. The van der Waals surface area contributed by atoms with E-state index in [1.54, 1.807) is 38.1 Å². The highest BCUT2D eigenvalue weighted by molar-refractivity contribution is 7.90. The largest absolute Gasteiger partial charge is 0.495 e. The molecule has 13 heteroatoms. The number of rotatable bonds is 11. The lowest BCUT2D eigenvalue weighted by Gasteiger charge is -2.34. The molecule has 2 heterocycles. The van der Waals surface area contributed by atoms with Crippen LogP contribution >= 0.6 is 0 Å². The fourth-order valence-corrected chi connectivity index (χ4v) is 6.04. The first kappa shape index (κ1) is 35.0. The van der Waals surface area contributed by atoms with Gasteiger partial charge in [0.2, 0.25) is 0 Å². The van der Waals surface area contributed by atoms with E-state index in [4.69, 9.17) is 9.47 Å². The van der Waals surface area contributed by atoms with Gasteiger partial charge in [0, 0.05) is 49.1 Å². The number of benzene rings is 2. The minimum absolute atomic E-state index is 0.0844. The molecule has 1 fully saturated rings. The Balaban J connectivity index is 1.47. The minimum atomic E-state index is -4.45. The van der Waals surface area contributed by atoms with E-state index in [0.717, 1.165) is 37.9 Å². The summed E-state index contributed by atoms with van der Waals surface area (Å²) in [6.45, 7) is 6.66. The molecule has 2 N–H and O–H groups in total. The first-order chi connectivity index (χ1) is 21.6. The molecule has 1 atom stereocenters.